The van der Waals surface area contributed by atoms with Gasteiger partial charge in [-0.05, 0) is 72.9 Å². The second-order valence-electron chi connectivity index (χ2n) is 9.82. The number of anilines is 1. The molecule has 0 bridgehead atoms. The van der Waals surface area contributed by atoms with Crippen LogP contribution < -0.4 is 10.1 Å². The highest BCUT2D eigenvalue weighted by atomic mass is 19.1. The van der Waals surface area contributed by atoms with Crippen LogP contribution in [0.3, 0.4) is 0 Å². The molecule has 1 heterocycles. The number of ether oxygens (including phenoxy) is 1. The van der Waals surface area contributed by atoms with Gasteiger partial charge in [0, 0.05) is 11.3 Å². The zero-order valence-corrected chi connectivity index (χ0v) is 22.3. The van der Waals surface area contributed by atoms with Crippen LogP contribution in [0.2, 0.25) is 0 Å². The number of rotatable bonds is 12. The van der Waals surface area contributed by atoms with E-state index in [0.29, 0.717) is 40.9 Å². The van der Waals surface area contributed by atoms with Crippen LogP contribution >= 0.6 is 0 Å². The first kappa shape index (κ1) is 27.0. The quantitative estimate of drug-likeness (QED) is 0.199. The van der Waals surface area contributed by atoms with Crippen LogP contribution in [-0.4, -0.2) is 27.3 Å². The summed E-state index contributed by atoms with van der Waals surface area (Å²) in [6.45, 7) is 6.72. The number of carbonyl (C=O) groups is 1. The van der Waals surface area contributed by atoms with Crippen molar-refractivity contribution in [2.75, 3.05) is 11.9 Å². The molecule has 0 saturated heterocycles. The number of hydrogen-bond donors (Lipinski definition) is 1. The summed E-state index contributed by atoms with van der Waals surface area (Å²) in [4.78, 5) is 17.2. The maximum absolute atomic E-state index is 14.6. The van der Waals surface area contributed by atoms with E-state index in [0.717, 1.165) is 6.42 Å². The summed E-state index contributed by atoms with van der Waals surface area (Å²) in [5, 5.41) is 7.42. The molecular formula is C31H35FN4O2. The fourth-order valence-corrected chi connectivity index (χ4v) is 4.06. The minimum atomic E-state index is -0.396. The van der Waals surface area contributed by atoms with Gasteiger partial charge in [-0.2, -0.15) is 4.98 Å². The average Bonchev–Trinajstić information content (AvgIpc) is 3.35. The molecule has 0 atom stereocenters. The summed E-state index contributed by atoms with van der Waals surface area (Å²) in [6, 6.07) is 21.6. The van der Waals surface area contributed by atoms with Crippen molar-refractivity contribution < 1.29 is 13.9 Å². The number of benzene rings is 3. The van der Waals surface area contributed by atoms with Crippen LogP contribution in [0.1, 0.15) is 62.4 Å². The lowest BCUT2D eigenvalue weighted by Crippen LogP contribution is -2.12. The van der Waals surface area contributed by atoms with Gasteiger partial charge in [-0.25, -0.2) is 9.07 Å². The molecule has 6 nitrogen and oxygen atoms in total. The zero-order chi connectivity index (χ0) is 26.9. The highest BCUT2D eigenvalue weighted by molar-refractivity contribution is 6.04. The Labute approximate surface area is 223 Å². The Morgan fingerprint density at radius 2 is 1.71 bits per heavy atom. The molecule has 4 aromatic rings. The van der Waals surface area contributed by atoms with Gasteiger partial charge in [-0.15, -0.1) is 5.10 Å². The highest BCUT2D eigenvalue weighted by Gasteiger charge is 2.18. The third-order valence-corrected chi connectivity index (χ3v) is 6.15. The molecule has 38 heavy (non-hydrogen) atoms. The minimum absolute atomic E-state index is 0.174. The van der Waals surface area contributed by atoms with Crippen LogP contribution in [0.15, 0.2) is 72.8 Å². The Balaban J connectivity index is 1.48. The largest absolute Gasteiger partial charge is 0.462 e. The summed E-state index contributed by atoms with van der Waals surface area (Å²) in [5.74, 6) is 0.0667. The molecule has 0 radical (unpaired) electrons. The molecule has 0 saturated carbocycles. The summed E-state index contributed by atoms with van der Waals surface area (Å²) >= 11 is 0. The van der Waals surface area contributed by atoms with E-state index in [2.05, 4.69) is 22.3 Å². The van der Waals surface area contributed by atoms with Crippen LogP contribution in [0.4, 0.5) is 10.1 Å². The predicted molar refractivity (Wildman–Crippen MR) is 149 cm³/mol. The Hall–Kier alpha value is -4.00. The van der Waals surface area contributed by atoms with E-state index in [1.54, 1.807) is 47.1 Å². The standard InChI is InChI=1S/C31H35FN4O2/c1-4-5-6-7-10-23-13-15-24(16-14-23)30(37)33-25-17-19-26(20-18-25)36-29(27-11-8-9-12-28(27)32)34-31(35-36)38-21-22(2)3/h8-9,11-20,22H,4-7,10,21H2,1-3H3,(H,33,37). The van der Waals surface area contributed by atoms with Crippen molar-refractivity contribution in [1.29, 1.82) is 0 Å². The molecule has 0 aliphatic rings. The van der Waals surface area contributed by atoms with Crippen LogP contribution in [-0.2, 0) is 6.42 Å². The van der Waals surface area contributed by atoms with Crippen molar-refractivity contribution in [3.8, 4) is 23.1 Å². The van der Waals surface area contributed by atoms with Gasteiger partial charge in [0.05, 0.1) is 17.9 Å². The average molecular weight is 515 g/mol. The van der Waals surface area contributed by atoms with E-state index in [9.17, 15) is 9.18 Å². The normalized spacial score (nSPS) is 11.1. The van der Waals surface area contributed by atoms with Crippen LogP contribution in [0.5, 0.6) is 6.01 Å². The molecule has 7 heteroatoms. The molecule has 1 aromatic heterocycles. The lowest BCUT2D eigenvalue weighted by atomic mass is 10.0. The molecule has 0 aliphatic carbocycles. The molecule has 0 unspecified atom stereocenters. The topological polar surface area (TPSA) is 69.0 Å². The fraction of sp³-hybridized carbons (Fsp3) is 0.323. The van der Waals surface area contributed by atoms with Gasteiger partial charge in [0.1, 0.15) is 5.82 Å². The fourth-order valence-electron chi connectivity index (χ4n) is 4.06. The molecule has 4 rings (SSSR count). The second-order valence-corrected chi connectivity index (χ2v) is 9.82. The van der Waals surface area contributed by atoms with E-state index in [1.165, 1.54) is 37.3 Å². The first-order valence-electron chi connectivity index (χ1n) is 13.3. The zero-order valence-electron chi connectivity index (χ0n) is 22.3. The Bertz CT molecular complexity index is 1330. The lowest BCUT2D eigenvalue weighted by molar-refractivity contribution is 0.102. The van der Waals surface area contributed by atoms with Gasteiger partial charge in [-0.3, -0.25) is 4.79 Å². The Morgan fingerprint density at radius 3 is 2.39 bits per heavy atom. The highest BCUT2D eigenvalue weighted by Crippen LogP contribution is 2.26. The van der Waals surface area contributed by atoms with E-state index in [4.69, 9.17) is 4.74 Å². The smallest absolute Gasteiger partial charge is 0.336 e. The molecule has 0 spiro atoms. The molecule has 198 valence electrons. The second kappa shape index (κ2) is 13.0. The third-order valence-electron chi connectivity index (χ3n) is 6.15. The number of unbranched alkanes of at least 4 members (excludes halogenated alkanes) is 3. The van der Waals surface area contributed by atoms with Crippen molar-refractivity contribution >= 4 is 11.6 Å². The first-order valence-corrected chi connectivity index (χ1v) is 13.3. The van der Waals surface area contributed by atoms with Crippen molar-refractivity contribution in [2.45, 2.75) is 52.9 Å². The van der Waals surface area contributed by atoms with Crippen LogP contribution in [0, 0.1) is 11.7 Å². The van der Waals surface area contributed by atoms with Gasteiger partial charge in [-0.1, -0.05) is 64.3 Å². The van der Waals surface area contributed by atoms with Gasteiger partial charge >= 0.3 is 6.01 Å². The Kier molecular flexibility index (Phi) is 9.25. The number of aryl methyl sites for hydroxylation is 1. The van der Waals surface area contributed by atoms with Gasteiger partial charge in [0.25, 0.3) is 5.91 Å². The molecule has 1 N–H and O–H groups in total. The maximum Gasteiger partial charge on any atom is 0.336 e. The molecule has 0 aliphatic heterocycles. The van der Waals surface area contributed by atoms with Crippen molar-refractivity contribution in [1.82, 2.24) is 14.8 Å². The summed E-state index contributed by atoms with van der Waals surface area (Å²) in [7, 11) is 0. The number of nitrogens with zero attached hydrogens (tertiary/aromatic N) is 3. The minimum Gasteiger partial charge on any atom is -0.462 e. The van der Waals surface area contributed by atoms with Crippen molar-refractivity contribution in [3.63, 3.8) is 0 Å². The van der Waals surface area contributed by atoms with Crippen molar-refractivity contribution in [3.05, 3.63) is 89.7 Å². The summed E-state index contributed by atoms with van der Waals surface area (Å²) in [5.41, 5.74) is 3.49. The molecule has 0 fully saturated rings. The van der Waals surface area contributed by atoms with E-state index >= 15 is 0 Å². The predicted octanol–water partition coefficient (Wildman–Crippen LogP) is 7.48. The number of halogens is 1. The third kappa shape index (κ3) is 7.06. The number of hydrogen-bond acceptors (Lipinski definition) is 4. The summed E-state index contributed by atoms with van der Waals surface area (Å²) in [6.07, 6.45) is 5.91. The van der Waals surface area contributed by atoms with E-state index in [1.807, 2.05) is 38.1 Å². The van der Waals surface area contributed by atoms with Gasteiger partial charge in [0.15, 0.2) is 5.82 Å². The van der Waals surface area contributed by atoms with Crippen LogP contribution in [0.25, 0.3) is 17.1 Å². The summed E-state index contributed by atoms with van der Waals surface area (Å²) < 4.78 is 21.9. The molecule has 1 amide bonds. The first-order chi connectivity index (χ1) is 18.4. The number of carbonyl (C=O) groups excluding carboxylic acids is 1. The monoisotopic (exact) mass is 514 g/mol. The molecule has 3 aromatic carbocycles. The van der Waals surface area contributed by atoms with E-state index < -0.39 is 5.82 Å². The van der Waals surface area contributed by atoms with Gasteiger partial charge in [0.2, 0.25) is 0 Å². The molecular weight excluding hydrogens is 479 g/mol. The number of amides is 1. The Morgan fingerprint density at radius 1 is 0.974 bits per heavy atom. The maximum atomic E-state index is 14.6. The lowest BCUT2D eigenvalue weighted by Gasteiger charge is -2.09. The SMILES string of the molecule is CCCCCCc1ccc(C(=O)Nc2ccc(-n3nc(OCC(C)C)nc3-c3ccccc3F)cc2)cc1. The van der Waals surface area contributed by atoms with E-state index in [-0.39, 0.29) is 11.9 Å². The van der Waals surface area contributed by atoms with Crippen molar-refractivity contribution in [2.24, 2.45) is 5.92 Å². The van der Waals surface area contributed by atoms with Gasteiger partial charge < -0.3 is 10.1 Å². The number of nitrogens with one attached hydrogen (secondary N) is 1. The number of aromatic nitrogens is 3.